The Morgan fingerprint density at radius 1 is 1.57 bits per heavy atom. The molecule has 0 spiro atoms. The van der Waals surface area contributed by atoms with Gasteiger partial charge in [-0.2, -0.15) is 0 Å². The van der Waals surface area contributed by atoms with Gasteiger partial charge in [-0.15, -0.1) is 0 Å². The summed E-state index contributed by atoms with van der Waals surface area (Å²) in [6.07, 6.45) is 2.46. The van der Waals surface area contributed by atoms with Gasteiger partial charge in [-0.3, -0.25) is 0 Å². The van der Waals surface area contributed by atoms with E-state index in [4.69, 9.17) is 10.5 Å². The third-order valence-corrected chi connectivity index (χ3v) is 4.52. The molecule has 2 aromatic rings. The fraction of sp³-hybridized carbons (Fsp3) is 0.500. The van der Waals surface area contributed by atoms with Crippen LogP contribution in [0.1, 0.15) is 25.6 Å². The average Bonchev–Trinajstić information content (AvgIpc) is 3.17. The van der Waals surface area contributed by atoms with Gasteiger partial charge in [0.15, 0.2) is 5.96 Å². The summed E-state index contributed by atoms with van der Waals surface area (Å²) < 4.78 is 8.75. The number of aryl methyl sites for hydroxylation is 1. The Morgan fingerprint density at radius 3 is 3.17 bits per heavy atom. The number of nitrogens with one attached hydrogen (secondary N) is 1. The van der Waals surface area contributed by atoms with Crippen LogP contribution < -0.4 is 11.1 Å². The van der Waals surface area contributed by atoms with Crippen LogP contribution in [0.3, 0.4) is 0 Å². The van der Waals surface area contributed by atoms with Gasteiger partial charge in [0.05, 0.1) is 17.1 Å². The second-order valence-corrected chi connectivity index (χ2v) is 6.54. The molecule has 6 nitrogen and oxygen atoms in total. The number of guanidine groups is 1. The van der Waals surface area contributed by atoms with E-state index in [-0.39, 0.29) is 6.10 Å². The van der Waals surface area contributed by atoms with Crippen LogP contribution in [0, 0.1) is 0 Å². The molecule has 0 bridgehead atoms. The lowest BCUT2D eigenvalue weighted by atomic mass is 10.2. The smallest absolute Gasteiger partial charge is 0.189 e. The van der Waals surface area contributed by atoms with E-state index in [1.54, 1.807) is 0 Å². The first-order chi connectivity index (χ1) is 11.2. The Bertz CT molecular complexity index is 706. The summed E-state index contributed by atoms with van der Waals surface area (Å²) >= 11 is 3.48. The number of ether oxygens (including phenoxy) is 1. The number of aliphatic imine (C=N–C) groups is 1. The van der Waals surface area contributed by atoms with E-state index < -0.39 is 0 Å². The molecule has 2 heterocycles. The number of nitrogens with two attached hydrogens (primary N) is 1. The van der Waals surface area contributed by atoms with Crippen molar-refractivity contribution >= 4 is 32.9 Å². The van der Waals surface area contributed by atoms with Crippen molar-refractivity contribution in [2.24, 2.45) is 10.7 Å². The largest absolute Gasteiger partial charge is 0.376 e. The average molecular weight is 380 g/mol. The Hall–Kier alpha value is -1.60. The van der Waals surface area contributed by atoms with Gasteiger partial charge in [0.1, 0.15) is 12.4 Å². The molecule has 1 unspecified atom stereocenters. The summed E-state index contributed by atoms with van der Waals surface area (Å²) in [5.41, 5.74) is 8.04. The van der Waals surface area contributed by atoms with Gasteiger partial charge in [-0.05, 0) is 38.0 Å². The number of nitrogens with zero attached hydrogens (tertiary/aromatic N) is 3. The monoisotopic (exact) mass is 379 g/mol. The zero-order valence-corrected chi connectivity index (χ0v) is 14.8. The lowest BCUT2D eigenvalue weighted by molar-refractivity contribution is 0.114. The lowest BCUT2D eigenvalue weighted by Gasteiger charge is -2.11. The molecule has 23 heavy (non-hydrogen) atoms. The molecule has 1 aromatic heterocycles. The number of aromatic nitrogens is 2. The van der Waals surface area contributed by atoms with E-state index in [0.717, 1.165) is 47.3 Å². The Labute approximate surface area is 144 Å². The van der Waals surface area contributed by atoms with Crippen LogP contribution in [-0.4, -0.2) is 34.8 Å². The van der Waals surface area contributed by atoms with E-state index in [1.807, 2.05) is 12.1 Å². The molecule has 124 valence electrons. The minimum atomic E-state index is 0.251. The van der Waals surface area contributed by atoms with Crippen LogP contribution in [-0.2, 0) is 17.8 Å². The van der Waals surface area contributed by atoms with E-state index in [0.29, 0.717) is 19.0 Å². The van der Waals surface area contributed by atoms with Gasteiger partial charge in [0.25, 0.3) is 0 Å². The standard InChI is InChI=1S/C16H22BrN5O/c1-2-22-14-6-5-11(17)8-13(14)21-15(22)10-20-16(18)19-9-12-4-3-7-23-12/h5-6,8,12H,2-4,7,9-10H2,1H3,(H3,18,19,20). The highest BCUT2D eigenvalue weighted by Gasteiger charge is 2.15. The molecule has 1 atom stereocenters. The number of rotatable bonds is 5. The second-order valence-electron chi connectivity index (χ2n) is 5.62. The number of imidazole rings is 1. The SMILES string of the molecule is CCn1c(CN=C(N)NCC2CCCO2)nc2cc(Br)ccc21. The summed E-state index contributed by atoms with van der Waals surface area (Å²) in [5, 5.41) is 3.13. The molecule has 3 N–H and O–H groups in total. The first kappa shape index (κ1) is 16.3. The van der Waals surface area contributed by atoms with Crippen LogP contribution in [0.5, 0.6) is 0 Å². The molecular formula is C16H22BrN5O. The highest BCUT2D eigenvalue weighted by Crippen LogP contribution is 2.21. The molecular weight excluding hydrogens is 358 g/mol. The van der Waals surface area contributed by atoms with Gasteiger partial charge < -0.3 is 20.4 Å². The summed E-state index contributed by atoms with van der Waals surface area (Å²) in [6, 6.07) is 6.12. The highest BCUT2D eigenvalue weighted by atomic mass is 79.9. The molecule has 7 heteroatoms. The second kappa shape index (κ2) is 7.31. The number of hydrogen-bond acceptors (Lipinski definition) is 3. The summed E-state index contributed by atoms with van der Waals surface area (Å²) in [4.78, 5) is 9.09. The first-order valence-electron chi connectivity index (χ1n) is 7.97. The zero-order chi connectivity index (χ0) is 16.2. The minimum absolute atomic E-state index is 0.251. The molecule has 0 radical (unpaired) electrons. The van der Waals surface area contributed by atoms with E-state index in [2.05, 4.69) is 48.8 Å². The molecule has 0 amide bonds. The molecule has 3 rings (SSSR count). The summed E-state index contributed by atoms with van der Waals surface area (Å²) in [5.74, 6) is 1.36. The fourth-order valence-corrected chi connectivity index (χ4v) is 3.21. The zero-order valence-electron chi connectivity index (χ0n) is 13.3. The van der Waals surface area contributed by atoms with Gasteiger partial charge >= 0.3 is 0 Å². The van der Waals surface area contributed by atoms with Crippen molar-refractivity contribution in [3.05, 3.63) is 28.5 Å². The van der Waals surface area contributed by atoms with Gasteiger partial charge in [0, 0.05) is 24.2 Å². The number of halogens is 1. The van der Waals surface area contributed by atoms with Crippen LogP contribution in [0.4, 0.5) is 0 Å². The maximum absolute atomic E-state index is 5.95. The summed E-state index contributed by atoms with van der Waals surface area (Å²) in [6.45, 7) is 4.98. The maximum Gasteiger partial charge on any atom is 0.189 e. The molecule has 0 aliphatic carbocycles. The Kier molecular flexibility index (Phi) is 5.17. The third kappa shape index (κ3) is 3.84. The lowest BCUT2D eigenvalue weighted by Crippen LogP contribution is -2.37. The summed E-state index contributed by atoms with van der Waals surface area (Å²) in [7, 11) is 0. The van der Waals surface area contributed by atoms with Crippen LogP contribution in [0.15, 0.2) is 27.7 Å². The Morgan fingerprint density at radius 2 is 2.43 bits per heavy atom. The van der Waals surface area contributed by atoms with Crippen LogP contribution >= 0.6 is 15.9 Å². The molecule has 1 aliphatic heterocycles. The van der Waals surface area contributed by atoms with Crippen molar-refractivity contribution in [2.45, 2.75) is 39.0 Å². The van der Waals surface area contributed by atoms with Crippen molar-refractivity contribution in [3.8, 4) is 0 Å². The predicted molar refractivity (Wildman–Crippen MR) is 95.4 cm³/mol. The van der Waals surface area contributed by atoms with Crippen molar-refractivity contribution in [1.29, 1.82) is 0 Å². The highest BCUT2D eigenvalue weighted by molar-refractivity contribution is 9.10. The van der Waals surface area contributed by atoms with Gasteiger partial charge in [-0.25, -0.2) is 9.98 Å². The van der Waals surface area contributed by atoms with Crippen LogP contribution in [0.2, 0.25) is 0 Å². The molecule has 1 fully saturated rings. The molecule has 1 aromatic carbocycles. The van der Waals surface area contributed by atoms with Crippen molar-refractivity contribution in [1.82, 2.24) is 14.9 Å². The minimum Gasteiger partial charge on any atom is -0.376 e. The first-order valence-corrected chi connectivity index (χ1v) is 8.76. The number of fused-ring (bicyclic) bond motifs is 1. The third-order valence-electron chi connectivity index (χ3n) is 4.03. The number of benzene rings is 1. The van der Waals surface area contributed by atoms with E-state index >= 15 is 0 Å². The fourth-order valence-electron chi connectivity index (χ4n) is 2.86. The van der Waals surface area contributed by atoms with Crippen molar-refractivity contribution < 1.29 is 4.74 Å². The van der Waals surface area contributed by atoms with Gasteiger partial charge in [0.2, 0.25) is 0 Å². The topological polar surface area (TPSA) is 77.5 Å². The Balaban J connectivity index is 1.68. The maximum atomic E-state index is 5.95. The van der Waals surface area contributed by atoms with Crippen molar-refractivity contribution in [2.75, 3.05) is 13.2 Å². The normalized spacial score (nSPS) is 18.7. The van der Waals surface area contributed by atoms with E-state index in [1.165, 1.54) is 0 Å². The molecule has 1 saturated heterocycles. The molecule has 0 saturated carbocycles. The van der Waals surface area contributed by atoms with Gasteiger partial charge in [-0.1, -0.05) is 15.9 Å². The number of hydrogen-bond donors (Lipinski definition) is 2. The van der Waals surface area contributed by atoms with E-state index in [9.17, 15) is 0 Å². The quantitative estimate of drug-likeness (QED) is 0.617. The van der Waals surface area contributed by atoms with Crippen LogP contribution in [0.25, 0.3) is 11.0 Å². The van der Waals surface area contributed by atoms with Crippen molar-refractivity contribution in [3.63, 3.8) is 0 Å². The predicted octanol–water partition coefficient (Wildman–Crippen LogP) is 2.40. The molecule has 1 aliphatic rings.